The van der Waals surface area contributed by atoms with Gasteiger partial charge in [0, 0.05) is 24.9 Å². The molecule has 0 unspecified atom stereocenters. The van der Waals surface area contributed by atoms with Crippen LogP contribution in [0.25, 0.3) is 22.0 Å². The third-order valence-electron chi connectivity index (χ3n) is 4.57. The van der Waals surface area contributed by atoms with E-state index in [0.717, 1.165) is 10.9 Å². The van der Waals surface area contributed by atoms with E-state index in [4.69, 9.17) is 4.42 Å². The van der Waals surface area contributed by atoms with Gasteiger partial charge < -0.3 is 9.32 Å². The number of carbonyl (C=O) groups excluding carboxylic acids is 1. The Labute approximate surface area is 166 Å². The standard InChI is InChI=1S/C21H19N5O3/c1-14-22-23-18(29-14)12-25(2)19(27)13-26-21(28)17-11-7-6-10-16(17)20(24-26)15-8-4-3-5-9-15/h3-11H,12-13H2,1-2H3. The minimum absolute atomic E-state index is 0.160. The molecule has 8 heteroatoms. The van der Waals surface area contributed by atoms with Gasteiger partial charge in [0.25, 0.3) is 5.56 Å². The molecule has 0 atom stereocenters. The summed E-state index contributed by atoms with van der Waals surface area (Å²) in [5, 5.41) is 13.4. The molecule has 0 aliphatic carbocycles. The van der Waals surface area contributed by atoms with Gasteiger partial charge in [0.15, 0.2) is 0 Å². The van der Waals surface area contributed by atoms with Crippen LogP contribution in [0.2, 0.25) is 0 Å². The van der Waals surface area contributed by atoms with E-state index in [0.29, 0.717) is 22.9 Å². The quantitative estimate of drug-likeness (QED) is 0.520. The molecule has 0 bridgehead atoms. The smallest absolute Gasteiger partial charge is 0.275 e. The molecular weight excluding hydrogens is 370 g/mol. The number of amides is 1. The summed E-state index contributed by atoms with van der Waals surface area (Å²) in [7, 11) is 1.62. The Morgan fingerprint density at radius 3 is 2.41 bits per heavy atom. The number of nitrogens with zero attached hydrogens (tertiary/aromatic N) is 5. The number of carbonyl (C=O) groups is 1. The summed E-state index contributed by atoms with van der Waals surface area (Å²) >= 11 is 0. The Hall–Kier alpha value is -3.81. The Kier molecular flexibility index (Phi) is 4.90. The van der Waals surface area contributed by atoms with Crippen molar-refractivity contribution in [2.75, 3.05) is 7.05 Å². The molecule has 4 aromatic rings. The molecule has 0 aliphatic rings. The lowest BCUT2D eigenvalue weighted by Gasteiger charge is -2.16. The van der Waals surface area contributed by atoms with E-state index in [9.17, 15) is 9.59 Å². The fourth-order valence-corrected chi connectivity index (χ4v) is 3.09. The average Bonchev–Trinajstić information content (AvgIpc) is 3.15. The van der Waals surface area contributed by atoms with Gasteiger partial charge in [-0.2, -0.15) is 5.10 Å². The van der Waals surface area contributed by atoms with Gasteiger partial charge in [0.05, 0.1) is 17.6 Å². The molecule has 0 spiro atoms. The molecule has 0 aliphatic heterocycles. The van der Waals surface area contributed by atoms with Crippen LogP contribution < -0.4 is 5.56 Å². The van der Waals surface area contributed by atoms with Crippen molar-refractivity contribution in [2.24, 2.45) is 0 Å². The fraction of sp³-hybridized carbons (Fsp3) is 0.190. The van der Waals surface area contributed by atoms with Crippen LogP contribution in [0.3, 0.4) is 0 Å². The highest BCUT2D eigenvalue weighted by atomic mass is 16.4. The largest absolute Gasteiger partial charge is 0.424 e. The van der Waals surface area contributed by atoms with Gasteiger partial charge in [-0.3, -0.25) is 9.59 Å². The van der Waals surface area contributed by atoms with Gasteiger partial charge in [-0.15, -0.1) is 10.2 Å². The molecule has 0 N–H and O–H groups in total. The van der Waals surface area contributed by atoms with Crippen molar-refractivity contribution in [1.82, 2.24) is 24.9 Å². The summed E-state index contributed by atoms with van der Waals surface area (Å²) in [6.07, 6.45) is 0. The Bertz CT molecular complexity index is 1230. The molecule has 0 saturated heterocycles. The van der Waals surface area contributed by atoms with Crippen LogP contribution in [0, 0.1) is 6.92 Å². The maximum Gasteiger partial charge on any atom is 0.275 e. The average molecular weight is 389 g/mol. The SMILES string of the molecule is Cc1nnc(CN(C)C(=O)Cn2nc(-c3ccccc3)c3ccccc3c2=O)o1. The second-order valence-corrected chi connectivity index (χ2v) is 6.69. The van der Waals surface area contributed by atoms with E-state index in [2.05, 4.69) is 15.3 Å². The van der Waals surface area contributed by atoms with Crippen molar-refractivity contribution in [3.8, 4) is 11.3 Å². The maximum absolute atomic E-state index is 12.9. The molecule has 0 radical (unpaired) electrons. The zero-order valence-corrected chi connectivity index (χ0v) is 16.1. The molecule has 2 heterocycles. The molecule has 29 heavy (non-hydrogen) atoms. The number of aryl methyl sites for hydroxylation is 1. The first-order chi connectivity index (χ1) is 14.0. The second kappa shape index (κ2) is 7.67. The van der Waals surface area contributed by atoms with Crippen molar-refractivity contribution in [2.45, 2.75) is 20.0 Å². The summed E-state index contributed by atoms with van der Waals surface area (Å²) in [6, 6.07) is 16.9. The number of fused-ring (bicyclic) bond motifs is 1. The van der Waals surface area contributed by atoms with Crippen molar-refractivity contribution in [3.63, 3.8) is 0 Å². The van der Waals surface area contributed by atoms with E-state index < -0.39 is 0 Å². The third-order valence-corrected chi connectivity index (χ3v) is 4.57. The topological polar surface area (TPSA) is 94.1 Å². The molecule has 2 aromatic carbocycles. The zero-order chi connectivity index (χ0) is 20.4. The highest BCUT2D eigenvalue weighted by Crippen LogP contribution is 2.24. The van der Waals surface area contributed by atoms with Crippen LogP contribution in [-0.2, 0) is 17.9 Å². The molecule has 0 fully saturated rings. The van der Waals surface area contributed by atoms with Crippen LogP contribution in [0.5, 0.6) is 0 Å². The highest BCUT2D eigenvalue weighted by molar-refractivity contribution is 5.93. The molecule has 1 amide bonds. The molecular formula is C21H19N5O3. The Morgan fingerprint density at radius 1 is 1.03 bits per heavy atom. The van der Waals surface area contributed by atoms with E-state index in [1.54, 1.807) is 26.1 Å². The van der Waals surface area contributed by atoms with Crippen molar-refractivity contribution in [3.05, 3.63) is 76.7 Å². The number of benzene rings is 2. The lowest BCUT2D eigenvalue weighted by atomic mass is 10.1. The first-order valence-electron chi connectivity index (χ1n) is 9.11. The Morgan fingerprint density at radius 2 is 1.72 bits per heavy atom. The number of hydrogen-bond acceptors (Lipinski definition) is 6. The van der Waals surface area contributed by atoms with Crippen LogP contribution in [0.1, 0.15) is 11.8 Å². The normalized spacial score (nSPS) is 11.0. The summed E-state index contributed by atoms with van der Waals surface area (Å²) < 4.78 is 6.52. The number of aromatic nitrogens is 4. The third kappa shape index (κ3) is 3.77. The van der Waals surface area contributed by atoms with Crippen molar-refractivity contribution in [1.29, 1.82) is 0 Å². The lowest BCUT2D eigenvalue weighted by Crippen LogP contribution is -2.35. The number of hydrogen-bond donors (Lipinski definition) is 0. The summed E-state index contributed by atoms with van der Waals surface area (Å²) in [4.78, 5) is 27.0. The molecule has 146 valence electrons. The molecule has 8 nitrogen and oxygen atoms in total. The first kappa shape index (κ1) is 18.5. The van der Waals surface area contributed by atoms with Gasteiger partial charge >= 0.3 is 0 Å². The minimum Gasteiger partial charge on any atom is -0.424 e. The minimum atomic E-state index is -0.310. The van der Waals surface area contributed by atoms with Crippen LogP contribution in [-0.4, -0.2) is 37.8 Å². The van der Waals surface area contributed by atoms with E-state index >= 15 is 0 Å². The zero-order valence-electron chi connectivity index (χ0n) is 16.1. The molecule has 0 saturated carbocycles. The van der Waals surface area contributed by atoms with Crippen LogP contribution in [0.4, 0.5) is 0 Å². The molecule has 4 rings (SSSR count). The van der Waals surface area contributed by atoms with Gasteiger partial charge in [-0.05, 0) is 6.07 Å². The second-order valence-electron chi connectivity index (χ2n) is 6.69. The predicted octanol–water partition coefficient (Wildman–Crippen LogP) is 2.41. The number of rotatable bonds is 5. The predicted molar refractivity (Wildman–Crippen MR) is 107 cm³/mol. The van der Waals surface area contributed by atoms with Gasteiger partial charge in [-0.1, -0.05) is 48.5 Å². The van der Waals surface area contributed by atoms with E-state index in [1.165, 1.54) is 9.58 Å². The monoisotopic (exact) mass is 389 g/mol. The molecule has 2 aromatic heterocycles. The summed E-state index contributed by atoms with van der Waals surface area (Å²) in [5.41, 5.74) is 1.22. The van der Waals surface area contributed by atoms with Crippen LogP contribution in [0.15, 0.2) is 63.8 Å². The van der Waals surface area contributed by atoms with Gasteiger partial charge in [0.1, 0.15) is 6.54 Å². The van der Waals surface area contributed by atoms with Crippen molar-refractivity contribution < 1.29 is 9.21 Å². The lowest BCUT2D eigenvalue weighted by molar-refractivity contribution is -0.131. The fourth-order valence-electron chi connectivity index (χ4n) is 3.09. The first-order valence-corrected chi connectivity index (χ1v) is 9.11. The summed E-state index contributed by atoms with van der Waals surface area (Å²) in [5.74, 6) is 0.479. The highest BCUT2D eigenvalue weighted by Gasteiger charge is 2.17. The van der Waals surface area contributed by atoms with Crippen molar-refractivity contribution >= 4 is 16.7 Å². The van der Waals surface area contributed by atoms with Gasteiger partial charge in [0.2, 0.25) is 17.7 Å². The Balaban J connectivity index is 1.69. The van der Waals surface area contributed by atoms with E-state index in [-0.39, 0.29) is 24.6 Å². The maximum atomic E-state index is 12.9. The summed E-state index contributed by atoms with van der Waals surface area (Å²) in [6.45, 7) is 1.66. The van der Waals surface area contributed by atoms with Crippen LogP contribution >= 0.6 is 0 Å². The number of likely N-dealkylation sites (N-methyl/N-ethyl adjacent to an activating group) is 1. The van der Waals surface area contributed by atoms with E-state index in [1.807, 2.05) is 42.5 Å². The van der Waals surface area contributed by atoms with Gasteiger partial charge in [-0.25, -0.2) is 4.68 Å².